The van der Waals surface area contributed by atoms with Gasteiger partial charge in [0, 0.05) is 17.5 Å². The van der Waals surface area contributed by atoms with Crippen LogP contribution in [-0.2, 0) is 4.79 Å². The standard InChI is InChI=1S/C15H12Cl2N2O3S/c16-9-4-3-8(6-10(9)17)13-18-11(7-23-13)14(20)19-5-1-2-12(19)15(21)22/h3-4,6-7,12H,1-2,5H2,(H,21,22). The van der Waals surface area contributed by atoms with Crippen molar-refractivity contribution in [3.05, 3.63) is 39.3 Å². The second-order valence-corrected chi connectivity index (χ2v) is 6.83. The summed E-state index contributed by atoms with van der Waals surface area (Å²) in [5.74, 6) is -1.33. The van der Waals surface area contributed by atoms with Gasteiger partial charge in [-0.3, -0.25) is 4.79 Å². The molecule has 8 heteroatoms. The van der Waals surface area contributed by atoms with Crippen LogP contribution in [0.15, 0.2) is 23.6 Å². The molecule has 1 aromatic heterocycles. The third-order valence-corrected chi connectivity index (χ3v) is 5.32. The Balaban J connectivity index is 1.85. The summed E-state index contributed by atoms with van der Waals surface area (Å²) in [6.07, 6.45) is 1.16. The van der Waals surface area contributed by atoms with E-state index in [0.717, 1.165) is 5.56 Å². The Kier molecular flexibility index (Phi) is 4.57. The van der Waals surface area contributed by atoms with Crippen molar-refractivity contribution in [1.29, 1.82) is 0 Å². The first-order chi connectivity index (χ1) is 11.0. The number of carbonyl (C=O) groups excluding carboxylic acids is 1. The van der Waals surface area contributed by atoms with Gasteiger partial charge in [-0.2, -0.15) is 0 Å². The number of benzene rings is 1. The predicted molar refractivity (Wildman–Crippen MR) is 89.3 cm³/mol. The largest absolute Gasteiger partial charge is 0.480 e. The van der Waals surface area contributed by atoms with Gasteiger partial charge in [-0.25, -0.2) is 9.78 Å². The van der Waals surface area contributed by atoms with E-state index in [9.17, 15) is 14.7 Å². The van der Waals surface area contributed by atoms with E-state index in [-0.39, 0.29) is 11.6 Å². The third-order valence-electron chi connectivity index (χ3n) is 3.69. The molecular formula is C15H12Cl2N2O3S. The van der Waals surface area contributed by atoms with Crippen molar-refractivity contribution in [3.8, 4) is 10.6 Å². The monoisotopic (exact) mass is 370 g/mol. The van der Waals surface area contributed by atoms with Gasteiger partial charge in [0.05, 0.1) is 10.0 Å². The van der Waals surface area contributed by atoms with Crippen LogP contribution in [0, 0.1) is 0 Å². The molecule has 0 radical (unpaired) electrons. The molecule has 5 nitrogen and oxygen atoms in total. The van der Waals surface area contributed by atoms with E-state index in [1.165, 1.54) is 16.2 Å². The zero-order valence-electron chi connectivity index (χ0n) is 11.8. The molecule has 0 bridgehead atoms. The van der Waals surface area contributed by atoms with Gasteiger partial charge >= 0.3 is 5.97 Å². The Bertz CT molecular complexity index is 778. The van der Waals surface area contributed by atoms with E-state index in [1.807, 2.05) is 0 Å². The van der Waals surface area contributed by atoms with Crippen LogP contribution < -0.4 is 0 Å². The van der Waals surface area contributed by atoms with Crippen LogP contribution in [-0.4, -0.2) is 39.5 Å². The van der Waals surface area contributed by atoms with Crippen molar-refractivity contribution >= 4 is 46.4 Å². The minimum Gasteiger partial charge on any atom is -0.480 e. The van der Waals surface area contributed by atoms with Gasteiger partial charge < -0.3 is 10.0 Å². The molecule has 1 unspecified atom stereocenters. The minimum absolute atomic E-state index is 0.254. The van der Waals surface area contributed by atoms with Crippen molar-refractivity contribution in [2.45, 2.75) is 18.9 Å². The lowest BCUT2D eigenvalue weighted by molar-refractivity contribution is -0.141. The molecule has 120 valence electrons. The molecule has 0 spiro atoms. The average Bonchev–Trinajstić information content (AvgIpc) is 3.18. The highest BCUT2D eigenvalue weighted by Crippen LogP contribution is 2.31. The number of rotatable bonds is 3. The van der Waals surface area contributed by atoms with Gasteiger partial charge in [0.15, 0.2) is 0 Å². The summed E-state index contributed by atoms with van der Waals surface area (Å²) in [6.45, 7) is 0.440. The van der Waals surface area contributed by atoms with Crippen LogP contribution in [0.25, 0.3) is 10.6 Å². The summed E-state index contributed by atoms with van der Waals surface area (Å²) in [7, 11) is 0. The predicted octanol–water partition coefficient (Wildman–Crippen LogP) is 3.81. The number of nitrogens with zero attached hydrogens (tertiary/aromatic N) is 2. The van der Waals surface area contributed by atoms with Gasteiger partial charge in [-0.1, -0.05) is 29.3 Å². The fourth-order valence-electron chi connectivity index (χ4n) is 2.55. The maximum absolute atomic E-state index is 12.5. The van der Waals surface area contributed by atoms with Gasteiger partial charge in [-0.15, -0.1) is 11.3 Å². The van der Waals surface area contributed by atoms with Crippen LogP contribution in [0.2, 0.25) is 10.0 Å². The topological polar surface area (TPSA) is 70.5 Å². The maximum atomic E-state index is 12.5. The van der Waals surface area contributed by atoms with Gasteiger partial charge in [0.2, 0.25) is 0 Å². The van der Waals surface area contributed by atoms with Crippen molar-refractivity contribution < 1.29 is 14.7 Å². The first-order valence-corrected chi connectivity index (χ1v) is 8.55. The Labute approximate surface area is 146 Å². The number of thiazole rings is 1. The van der Waals surface area contributed by atoms with E-state index in [2.05, 4.69) is 4.98 Å². The number of carbonyl (C=O) groups is 2. The fraction of sp³-hybridized carbons (Fsp3) is 0.267. The summed E-state index contributed by atoms with van der Waals surface area (Å²) in [5.41, 5.74) is 1.02. The number of carboxylic acid groups (broad SMARTS) is 1. The van der Waals surface area contributed by atoms with Gasteiger partial charge in [0.25, 0.3) is 5.91 Å². The Hall–Kier alpha value is -1.63. The number of halogens is 2. The molecule has 2 aromatic rings. The molecule has 1 aliphatic heterocycles. The molecule has 1 fully saturated rings. The lowest BCUT2D eigenvalue weighted by atomic mass is 10.2. The second-order valence-electron chi connectivity index (χ2n) is 5.16. The third kappa shape index (κ3) is 3.20. The van der Waals surface area contributed by atoms with Gasteiger partial charge in [-0.05, 0) is 25.0 Å². The zero-order chi connectivity index (χ0) is 16.6. The molecule has 3 rings (SSSR count). The van der Waals surface area contributed by atoms with E-state index in [1.54, 1.807) is 23.6 Å². The highest BCUT2D eigenvalue weighted by atomic mass is 35.5. The molecule has 1 N–H and O–H groups in total. The number of aromatic nitrogens is 1. The number of carboxylic acids is 1. The summed E-state index contributed by atoms with van der Waals surface area (Å²) in [4.78, 5) is 29.4. The molecule has 1 saturated heterocycles. The Morgan fingerprint density at radius 2 is 2.09 bits per heavy atom. The summed E-state index contributed by atoms with van der Waals surface area (Å²) in [5, 5.41) is 12.3. The van der Waals surface area contributed by atoms with E-state index in [4.69, 9.17) is 23.2 Å². The Morgan fingerprint density at radius 3 is 2.78 bits per heavy atom. The number of hydrogen-bond donors (Lipinski definition) is 1. The first kappa shape index (κ1) is 16.2. The SMILES string of the molecule is O=C(O)C1CCCN1C(=O)c1csc(-c2ccc(Cl)c(Cl)c2)n1. The number of amides is 1. The highest BCUT2D eigenvalue weighted by molar-refractivity contribution is 7.13. The molecule has 2 heterocycles. The summed E-state index contributed by atoms with van der Waals surface area (Å²) < 4.78 is 0. The van der Waals surface area contributed by atoms with Crippen molar-refractivity contribution in [2.75, 3.05) is 6.54 Å². The molecule has 1 aromatic carbocycles. The molecule has 1 aliphatic rings. The van der Waals surface area contributed by atoms with Crippen LogP contribution in [0.3, 0.4) is 0 Å². The summed E-state index contributed by atoms with van der Waals surface area (Å²) >= 11 is 13.2. The number of aliphatic carboxylic acids is 1. The fourth-order valence-corrected chi connectivity index (χ4v) is 3.64. The first-order valence-electron chi connectivity index (χ1n) is 6.92. The quantitative estimate of drug-likeness (QED) is 0.891. The molecular weight excluding hydrogens is 359 g/mol. The smallest absolute Gasteiger partial charge is 0.326 e. The highest BCUT2D eigenvalue weighted by Gasteiger charge is 2.35. The maximum Gasteiger partial charge on any atom is 0.326 e. The van der Waals surface area contributed by atoms with Crippen LogP contribution >= 0.6 is 34.5 Å². The molecule has 23 heavy (non-hydrogen) atoms. The summed E-state index contributed by atoms with van der Waals surface area (Å²) in [6, 6.07) is 4.37. The second kappa shape index (κ2) is 6.47. The van der Waals surface area contributed by atoms with E-state index in [0.29, 0.717) is 34.4 Å². The van der Waals surface area contributed by atoms with Gasteiger partial charge in [0.1, 0.15) is 16.7 Å². The average molecular weight is 371 g/mol. The van der Waals surface area contributed by atoms with E-state index < -0.39 is 12.0 Å². The van der Waals surface area contributed by atoms with Crippen LogP contribution in [0.1, 0.15) is 23.3 Å². The lowest BCUT2D eigenvalue weighted by Crippen LogP contribution is -2.40. The number of hydrogen-bond acceptors (Lipinski definition) is 4. The minimum atomic E-state index is -0.976. The zero-order valence-corrected chi connectivity index (χ0v) is 14.2. The molecule has 0 aliphatic carbocycles. The van der Waals surface area contributed by atoms with Crippen molar-refractivity contribution in [1.82, 2.24) is 9.88 Å². The van der Waals surface area contributed by atoms with Crippen molar-refractivity contribution in [3.63, 3.8) is 0 Å². The van der Waals surface area contributed by atoms with Crippen LogP contribution in [0.5, 0.6) is 0 Å². The lowest BCUT2D eigenvalue weighted by Gasteiger charge is -2.20. The molecule has 1 atom stereocenters. The number of likely N-dealkylation sites (tertiary alicyclic amines) is 1. The normalized spacial score (nSPS) is 17.5. The van der Waals surface area contributed by atoms with Crippen LogP contribution in [0.4, 0.5) is 0 Å². The molecule has 0 saturated carbocycles. The van der Waals surface area contributed by atoms with E-state index >= 15 is 0 Å². The Morgan fingerprint density at radius 1 is 1.30 bits per heavy atom. The molecule has 1 amide bonds. The van der Waals surface area contributed by atoms with Crippen molar-refractivity contribution in [2.24, 2.45) is 0 Å².